The van der Waals surface area contributed by atoms with Crippen LogP contribution >= 0.6 is 11.8 Å². The van der Waals surface area contributed by atoms with Crippen LogP contribution in [0, 0.1) is 0 Å². The summed E-state index contributed by atoms with van der Waals surface area (Å²) in [6.45, 7) is 0.841. The van der Waals surface area contributed by atoms with Gasteiger partial charge in [-0.15, -0.1) is 0 Å². The van der Waals surface area contributed by atoms with Crippen molar-refractivity contribution in [2.45, 2.75) is 30.0 Å². The van der Waals surface area contributed by atoms with E-state index in [4.69, 9.17) is 4.74 Å². The molecule has 0 radical (unpaired) electrons. The molecule has 0 unspecified atom stereocenters. The molecule has 2 amide bonds. The number of hydrogen-bond donors (Lipinski definition) is 2. The van der Waals surface area contributed by atoms with Crippen molar-refractivity contribution >= 4 is 35.2 Å². The van der Waals surface area contributed by atoms with Crippen molar-refractivity contribution in [3.05, 3.63) is 60.2 Å². The average molecular weight is 422 g/mol. The van der Waals surface area contributed by atoms with Crippen LogP contribution in [0.1, 0.15) is 24.9 Å². The number of ether oxygens (including phenoxy) is 1. The summed E-state index contributed by atoms with van der Waals surface area (Å²) < 4.78 is 29.6. The predicted molar refractivity (Wildman–Crippen MR) is 106 cm³/mol. The normalized spacial score (nSPS) is 11.6. The molecule has 0 aliphatic carbocycles. The van der Waals surface area contributed by atoms with Crippen LogP contribution in [0.2, 0.25) is 0 Å². The Labute approximate surface area is 171 Å². The van der Waals surface area contributed by atoms with E-state index in [1.54, 1.807) is 24.3 Å². The molecule has 9 heteroatoms. The van der Waals surface area contributed by atoms with Gasteiger partial charge in [-0.1, -0.05) is 42.1 Å². The van der Waals surface area contributed by atoms with Crippen molar-refractivity contribution in [1.29, 1.82) is 0 Å². The quantitative estimate of drug-likeness (QED) is 0.475. The molecule has 154 valence electrons. The average Bonchev–Trinajstić information content (AvgIpc) is 2.67. The second-order valence-electron chi connectivity index (χ2n) is 5.98. The molecule has 2 rings (SSSR count). The Kier molecular flexibility index (Phi) is 8.60. The fraction of sp³-hybridized carbons (Fsp3) is 0.250. The summed E-state index contributed by atoms with van der Waals surface area (Å²) in [6, 6.07) is 14.2. The van der Waals surface area contributed by atoms with Crippen molar-refractivity contribution < 1.29 is 27.9 Å². The zero-order chi connectivity index (χ0) is 21.2. The Morgan fingerprint density at radius 1 is 1.03 bits per heavy atom. The van der Waals surface area contributed by atoms with Gasteiger partial charge in [0.1, 0.15) is 0 Å². The summed E-state index contributed by atoms with van der Waals surface area (Å²) in [6.07, 6.45) is -0.129. The minimum absolute atomic E-state index is 0.129. The van der Waals surface area contributed by atoms with Gasteiger partial charge in [0, 0.05) is 17.5 Å². The Balaban J connectivity index is 1.84. The lowest BCUT2D eigenvalue weighted by Gasteiger charge is -2.17. The topological polar surface area (TPSA) is 84.5 Å². The Bertz CT molecular complexity index is 832. The van der Waals surface area contributed by atoms with Gasteiger partial charge in [0.05, 0.1) is 12.5 Å². The van der Waals surface area contributed by atoms with E-state index in [9.17, 15) is 23.2 Å². The standard InChI is InChI=1S/C20H20F2N2O4S/c1-13(25)23-17(14-5-3-2-4-6-14)11-19(27)28-12-18(26)24-15-7-9-16(10-8-15)29-20(21)22/h2-10,17,20H,11-12H2,1H3,(H,23,25)(H,24,26)/t17-/m0/s1. The number of nitrogens with one attached hydrogen (secondary N) is 2. The molecule has 0 aliphatic heterocycles. The van der Waals surface area contributed by atoms with E-state index in [-0.39, 0.29) is 12.3 Å². The highest BCUT2D eigenvalue weighted by molar-refractivity contribution is 7.99. The van der Waals surface area contributed by atoms with Gasteiger partial charge in [-0.3, -0.25) is 14.4 Å². The van der Waals surface area contributed by atoms with Crippen LogP contribution < -0.4 is 10.6 Å². The van der Waals surface area contributed by atoms with Crippen molar-refractivity contribution in [2.75, 3.05) is 11.9 Å². The molecule has 2 N–H and O–H groups in total. The molecule has 0 heterocycles. The van der Waals surface area contributed by atoms with E-state index in [0.717, 1.165) is 5.56 Å². The van der Waals surface area contributed by atoms with E-state index in [2.05, 4.69) is 10.6 Å². The lowest BCUT2D eigenvalue weighted by molar-refractivity contribution is -0.148. The predicted octanol–water partition coefficient (Wildman–Crippen LogP) is 3.75. The van der Waals surface area contributed by atoms with Gasteiger partial charge in [-0.05, 0) is 29.8 Å². The van der Waals surface area contributed by atoms with Gasteiger partial charge in [0.2, 0.25) is 5.91 Å². The van der Waals surface area contributed by atoms with Crippen LogP contribution in [0.3, 0.4) is 0 Å². The molecule has 29 heavy (non-hydrogen) atoms. The maximum atomic E-state index is 12.3. The number of thioether (sulfide) groups is 1. The zero-order valence-corrected chi connectivity index (χ0v) is 16.4. The number of amides is 2. The number of hydrogen-bond acceptors (Lipinski definition) is 5. The summed E-state index contributed by atoms with van der Waals surface area (Å²) in [5, 5.41) is 5.19. The lowest BCUT2D eigenvalue weighted by atomic mass is 10.0. The fourth-order valence-corrected chi connectivity index (χ4v) is 2.97. The number of carbonyl (C=O) groups excluding carboxylic acids is 3. The molecule has 0 aliphatic rings. The van der Waals surface area contributed by atoms with E-state index in [0.29, 0.717) is 22.3 Å². The Hall–Kier alpha value is -2.94. The van der Waals surface area contributed by atoms with Gasteiger partial charge in [0.15, 0.2) is 6.61 Å². The molecule has 0 saturated carbocycles. The maximum Gasteiger partial charge on any atom is 0.308 e. The number of anilines is 1. The zero-order valence-electron chi connectivity index (χ0n) is 15.6. The van der Waals surface area contributed by atoms with Gasteiger partial charge >= 0.3 is 5.97 Å². The van der Waals surface area contributed by atoms with Gasteiger partial charge in [-0.2, -0.15) is 8.78 Å². The highest BCUT2D eigenvalue weighted by Gasteiger charge is 2.18. The highest BCUT2D eigenvalue weighted by Crippen LogP contribution is 2.26. The molecule has 0 aromatic heterocycles. The van der Waals surface area contributed by atoms with E-state index >= 15 is 0 Å². The van der Waals surface area contributed by atoms with Crippen LogP contribution in [-0.2, 0) is 19.1 Å². The van der Waals surface area contributed by atoms with Crippen molar-refractivity contribution in [3.8, 4) is 0 Å². The molecule has 0 saturated heterocycles. The molecular formula is C20H20F2N2O4S. The summed E-state index contributed by atoms with van der Waals surface area (Å²) in [5.41, 5.74) is 1.14. The van der Waals surface area contributed by atoms with Crippen LogP contribution in [0.15, 0.2) is 59.5 Å². The summed E-state index contributed by atoms with van der Waals surface area (Å²) in [5.74, 6) is -4.03. The number of rotatable bonds is 9. The number of alkyl halides is 2. The monoisotopic (exact) mass is 422 g/mol. The van der Waals surface area contributed by atoms with Gasteiger partial charge < -0.3 is 15.4 Å². The second-order valence-corrected chi connectivity index (χ2v) is 7.04. The third-order valence-corrected chi connectivity index (χ3v) is 4.40. The number of esters is 1. The molecular weight excluding hydrogens is 402 g/mol. The molecule has 2 aromatic carbocycles. The fourth-order valence-electron chi connectivity index (χ4n) is 2.47. The first-order valence-corrected chi connectivity index (χ1v) is 9.54. The van der Waals surface area contributed by atoms with E-state index in [1.807, 2.05) is 6.07 Å². The van der Waals surface area contributed by atoms with Crippen LogP contribution in [0.5, 0.6) is 0 Å². The second kappa shape index (κ2) is 11.2. The first kappa shape index (κ1) is 22.4. The van der Waals surface area contributed by atoms with E-state index < -0.39 is 30.3 Å². The van der Waals surface area contributed by atoms with E-state index in [1.165, 1.54) is 31.2 Å². The number of carbonyl (C=O) groups is 3. The molecule has 0 spiro atoms. The minimum atomic E-state index is -2.52. The Morgan fingerprint density at radius 2 is 1.69 bits per heavy atom. The lowest BCUT2D eigenvalue weighted by Crippen LogP contribution is -2.29. The largest absolute Gasteiger partial charge is 0.455 e. The maximum absolute atomic E-state index is 12.3. The summed E-state index contributed by atoms with van der Waals surface area (Å²) in [4.78, 5) is 35.8. The molecule has 0 fully saturated rings. The van der Waals surface area contributed by atoms with Crippen LogP contribution in [-0.4, -0.2) is 30.1 Å². The Morgan fingerprint density at radius 3 is 2.28 bits per heavy atom. The SMILES string of the molecule is CC(=O)N[C@@H](CC(=O)OCC(=O)Nc1ccc(SC(F)F)cc1)c1ccccc1. The highest BCUT2D eigenvalue weighted by atomic mass is 32.2. The first-order valence-electron chi connectivity index (χ1n) is 8.66. The first-order chi connectivity index (χ1) is 13.8. The molecule has 2 aromatic rings. The van der Waals surface area contributed by atoms with Crippen molar-refractivity contribution in [3.63, 3.8) is 0 Å². The molecule has 1 atom stereocenters. The number of benzene rings is 2. The van der Waals surface area contributed by atoms with Gasteiger partial charge in [-0.25, -0.2) is 0 Å². The van der Waals surface area contributed by atoms with Gasteiger partial charge in [0.25, 0.3) is 11.7 Å². The summed E-state index contributed by atoms with van der Waals surface area (Å²) in [7, 11) is 0. The van der Waals surface area contributed by atoms with Crippen LogP contribution in [0.25, 0.3) is 0 Å². The van der Waals surface area contributed by atoms with Crippen molar-refractivity contribution in [2.24, 2.45) is 0 Å². The molecule has 6 nitrogen and oxygen atoms in total. The van der Waals surface area contributed by atoms with Crippen LogP contribution in [0.4, 0.5) is 14.5 Å². The third kappa shape index (κ3) is 8.30. The third-order valence-electron chi connectivity index (χ3n) is 3.68. The smallest absolute Gasteiger partial charge is 0.308 e. The summed E-state index contributed by atoms with van der Waals surface area (Å²) >= 11 is 0.403. The molecule has 0 bridgehead atoms. The number of halogens is 2. The van der Waals surface area contributed by atoms with Crippen molar-refractivity contribution in [1.82, 2.24) is 5.32 Å². The minimum Gasteiger partial charge on any atom is -0.455 e.